The zero-order chi connectivity index (χ0) is 19.5. The first-order valence-corrected chi connectivity index (χ1v) is 9.53. The largest absolute Gasteiger partial charge is 0.361 e. The first kappa shape index (κ1) is 18.0. The molecule has 4 aromatic rings. The number of nitrogens with zero attached hydrogens (tertiary/aromatic N) is 1. The molecule has 28 heavy (non-hydrogen) atoms. The minimum Gasteiger partial charge on any atom is -0.361 e. The Labute approximate surface area is 164 Å². The highest BCUT2D eigenvalue weighted by Crippen LogP contribution is 2.22. The van der Waals surface area contributed by atoms with E-state index in [1.165, 1.54) is 0 Å². The van der Waals surface area contributed by atoms with Gasteiger partial charge in [-0.2, -0.15) is 0 Å². The van der Waals surface area contributed by atoms with Crippen LogP contribution in [0.2, 0.25) is 0 Å². The van der Waals surface area contributed by atoms with Crippen LogP contribution in [0.15, 0.2) is 65.6 Å². The molecule has 0 fully saturated rings. The van der Waals surface area contributed by atoms with Crippen molar-refractivity contribution in [1.29, 1.82) is 0 Å². The summed E-state index contributed by atoms with van der Waals surface area (Å²) in [5.74, 6) is 0.0646. The molecule has 4 rings (SSSR count). The van der Waals surface area contributed by atoms with Crippen LogP contribution in [-0.2, 0) is 6.42 Å². The van der Waals surface area contributed by atoms with E-state index in [1.807, 2.05) is 74.7 Å². The molecule has 0 aliphatic heterocycles. The van der Waals surface area contributed by atoms with Gasteiger partial charge in [-0.05, 0) is 23.3 Å². The van der Waals surface area contributed by atoms with Gasteiger partial charge in [-0.25, -0.2) is 4.98 Å². The highest BCUT2D eigenvalue weighted by molar-refractivity contribution is 5.83. The fraction of sp³-hybridized carbons (Fsp3) is 0.167. The van der Waals surface area contributed by atoms with Crippen LogP contribution in [0.1, 0.15) is 48.0 Å². The van der Waals surface area contributed by atoms with Gasteiger partial charge in [0.05, 0.1) is 5.69 Å². The highest BCUT2D eigenvalue weighted by atomic mass is 16.1. The molecule has 0 bridgehead atoms. The third kappa shape index (κ3) is 3.67. The van der Waals surface area contributed by atoms with Crippen LogP contribution in [0.4, 0.5) is 0 Å². The Morgan fingerprint density at radius 3 is 2.54 bits per heavy atom. The maximum absolute atomic E-state index is 12.6. The van der Waals surface area contributed by atoms with Crippen LogP contribution in [0.5, 0.6) is 0 Å². The van der Waals surface area contributed by atoms with Crippen LogP contribution in [0.25, 0.3) is 23.1 Å². The standard InChI is InChI=1S/C24H23N3O/c1-16(2)23-24(28)27-22(14-18-15-25-20-11-7-6-10-19(18)20)21(26-23)13-12-17-8-4-3-5-9-17/h3-13,15-16,25H,14H2,1-2H3,(H,27,28). The zero-order valence-electron chi connectivity index (χ0n) is 16.1. The predicted octanol–water partition coefficient (Wildman–Crippen LogP) is 5.14. The maximum atomic E-state index is 12.6. The minimum atomic E-state index is -0.110. The normalized spacial score (nSPS) is 11.7. The molecule has 0 unspecified atom stereocenters. The summed E-state index contributed by atoms with van der Waals surface area (Å²) in [6.45, 7) is 3.98. The topological polar surface area (TPSA) is 61.5 Å². The van der Waals surface area contributed by atoms with Crippen LogP contribution in [-0.4, -0.2) is 15.0 Å². The summed E-state index contributed by atoms with van der Waals surface area (Å²) in [4.78, 5) is 23.6. The van der Waals surface area contributed by atoms with Crippen molar-refractivity contribution in [3.8, 4) is 0 Å². The Bertz CT molecular complexity index is 1180. The van der Waals surface area contributed by atoms with E-state index in [-0.39, 0.29) is 11.5 Å². The molecule has 0 spiro atoms. The van der Waals surface area contributed by atoms with E-state index < -0.39 is 0 Å². The summed E-state index contributed by atoms with van der Waals surface area (Å²) >= 11 is 0. The lowest BCUT2D eigenvalue weighted by molar-refractivity contribution is 0.783. The van der Waals surface area contributed by atoms with Crippen LogP contribution in [0, 0.1) is 0 Å². The predicted molar refractivity (Wildman–Crippen MR) is 115 cm³/mol. The van der Waals surface area contributed by atoms with E-state index >= 15 is 0 Å². The fourth-order valence-corrected chi connectivity index (χ4v) is 3.38. The van der Waals surface area contributed by atoms with Gasteiger partial charge < -0.3 is 9.97 Å². The monoisotopic (exact) mass is 369 g/mol. The Morgan fingerprint density at radius 2 is 1.75 bits per heavy atom. The summed E-state index contributed by atoms with van der Waals surface area (Å²) in [7, 11) is 0. The van der Waals surface area contributed by atoms with Gasteiger partial charge in [0.2, 0.25) is 0 Å². The van der Waals surface area contributed by atoms with Crippen molar-refractivity contribution in [3.63, 3.8) is 0 Å². The van der Waals surface area contributed by atoms with E-state index in [2.05, 4.69) is 22.1 Å². The van der Waals surface area contributed by atoms with Gasteiger partial charge in [-0.3, -0.25) is 4.79 Å². The molecule has 0 radical (unpaired) electrons. The average Bonchev–Trinajstić information content (AvgIpc) is 3.11. The van der Waals surface area contributed by atoms with Crippen LogP contribution in [0.3, 0.4) is 0 Å². The Morgan fingerprint density at radius 1 is 1.00 bits per heavy atom. The van der Waals surface area contributed by atoms with Gasteiger partial charge >= 0.3 is 0 Å². The fourth-order valence-electron chi connectivity index (χ4n) is 3.38. The van der Waals surface area contributed by atoms with E-state index in [0.717, 1.165) is 33.4 Å². The molecule has 0 aliphatic rings. The van der Waals surface area contributed by atoms with Crippen molar-refractivity contribution in [2.45, 2.75) is 26.2 Å². The summed E-state index contributed by atoms with van der Waals surface area (Å²) in [5.41, 5.74) is 5.41. The summed E-state index contributed by atoms with van der Waals surface area (Å²) in [6, 6.07) is 18.3. The number of nitrogens with one attached hydrogen (secondary N) is 2. The molecule has 4 nitrogen and oxygen atoms in total. The smallest absolute Gasteiger partial charge is 0.270 e. The van der Waals surface area contributed by atoms with Gasteiger partial charge in [0, 0.05) is 35.1 Å². The molecule has 4 heteroatoms. The second kappa shape index (κ2) is 7.69. The Kier molecular flexibility index (Phi) is 4.94. The van der Waals surface area contributed by atoms with Crippen LogP contribution >= 0.6 is 0 Å². The molecule has 0 saturated heterocycles. The average molecular weight is 369 g/mol. The number of hydrogen-bond donors (Lipinski definition) is 2. The Balaban J connectivity index is 1.77. The first-order chi connectivity index (χ1) is 13.6. The van der Waals surface area contributed by atoms with Crippen molar-refractivity contribution in [1.82, 2.24) is 15.0 Å². The molecule has 2 aromatic carbocycles. The molecule has 0 saturated carbocycles. The third-order valence-corrected chi connectivity index (χ3v) is 4.87. The second-order valence-corrected chi connectivity index (χ2v) is 7.25. The maximum Gasteiger partial charge on any atom is 0.270 e. The summed E-state index contributed by atoms with van der Waals surface area (Å²) in [5, 5.41) is 1.16. The lowest BCUT2D eigenvalue weighted by Gasteiger charge is -2.10. The lowest BCUT2D eigenvalue weighted by atomic mass is 10.0. The van der Waals surface area contributed by atoms with E-state index in [1.54, 1.807) is 0 Å². The molecule has 2 aromatic heterocycles. The van der Waals surface area contributed by atoms with Crippen LogP contribution < -0.4 is 5.56 Å². The molecule has 0 atom stereocenters. The highest BCUT2D eigenvalue weighted by Gasteiger charge is 2.14. The van der Waals surface area contributed by atoms with Gasteiger partial charge in [-0.1, -0.05) is 68.5 Å². The van der Waals surface area contributed by atoms with Crippen molar-refractivity contribution in [3.05, 3.63) is 99.4 Å². The number of fused-ring (bicyclic) bond motifs is 1. The Hall–Kier alpha value is -3.40. The minimum absolute atomic E-state index is 0.0646. The second-order valence-electron chi connectivity index (χ2n) is 7.25. The molecule has 0 aliphatic carbocycles. The van der Waals surface area contributed by atoms with Gasteiger partial charge in [-0.15, -0.1) is 0 Å². The van der Waals surface area contributed by atoms with E-state index in [0.29, 0.717) is 12.1 Å². The SMILES string of the molecule is CC(C)c1nc(C=Cc2ccccc2)c(Cc2c[nH]c3ccccc23)[nH]c1=O. The van der Waals surface area contributed by atoms with E-state index in [9.17, 15) is 4.79 Å². The summed E-state index contributed by atoms with van der Waals surface area (Å²) in [6.07, 6.45) is 6.63. The number of hydrogen-bond acceptors (Lipinski definition) is 2. The van der Waals surface area contributed by atoms with E-state index in [4.69, 9.17) is 4.98 Å². The van der Waals surface area contributed by atoms with Crippen molar-refractivity contribution < 1.29 is 0 Å². The lowest BCUT2D eigenvalue weighted by Crippen LogP contribution is -2.20. The zero-order valence-corrected chi connectivity index (χ0v) is 16.1. The number of benzene rings is 2. The third-order valence-electron chi connectivity index (χ3n) is 4.87. The van der Waals surface area contributed by atoms with Gasteiger partial charge in [0.15, 0.2) is 0 Å². The number of aromatic amines is 2. The number of rotatable bonds is 5. The number of para-hydroxylation sites is 1. The van der Waals surface area contributed by atoms with Gasteiger partial charge in [0.25, 0.3) is 5.56 Å². The van der Waals surface area contributed by atoms with Gasteiger partial charge in [0.1, 0.15) is 5.69 Å². The molecular formula is C24H23N3O. The molecule has 140 valence electrons. The van der Waals surface area contributed by atoms with Crippen molar-refractivity contribution >= 4 is 23.1 Å². The quantitative estimate of drug-likeness (QED) is 0.512. The molecule has 2 heterocycles. The number of aromatic nitrogens is 3. The molecule has 0 amide bonds. The number of H-pyrrole nitrogens is 2. The summed E-state index contributed by atoms with van der Waals surface area (Å²) < 4.78 is 0. The molecule has 2 N–H and O–H groups in total. The molecular weight excluding hydrogens is 346 g/mol. The first-order valence-electron chi connectivity index (χ1n) is 9.53. The van der Waals surface area contributed by atoms with Crippen molar-refractivity contribution in [2.24, 2.45) is 0 Å². The van der Waals surface area contributed by atoms with Crippen molar-refractivity contribution in [2.75, 3.05) is 0 Å².